The second-order valence-electron chi connectivity index (χ2n) is 4.40. The first kappa shape index (κ1) is 14.0. The summed E-state index contributed by atoms with van der Waals surface area (Å²) in [6.45, 7) is 0.945. The Morgan fingerprint density at radius 3 is 2.58 bits per heavy atom. The van der Waals surface area contributed by atoms with Gasteiger partial charge in [-0.1, -0.05) is 12.1 Å². The van der Waals surface area contributed by atoms with E-state index in [-0.39, 0.29) is 17.4 Å². The summed E-state index contributed by atoms with van der Waals surface area (Å²) < 4.78 is 31.7. The number of carbonyl (C=O) groups is 1. The third-order valence-electron chi connectivity index (χ3n) is 2.84. The highest BCUT2D eigenvalue weighted by atomic mass is 32.2. The minimum atomic E-state index is -3.57. The van der Waals surface area contributed by atoms with Gasteiger partial charge in [-0.2, -0.15) is 0 Å². The lowest BCUT2D eigenvalue weighted by atomic mass is 10.2. The van der Waals surface area contributed by atoms with Gasteiger partial charge in [0.1, 0.15) is 0 Å². The molecule has 0 radical (unpaired) electrons. The molecule has 1 fully saturated rings. The lowest BCUT2D eigenvalue weighted by molar-refractivity contribution is -0.136. The molecule has 19 heavy (non-hydrogen) atoms. The van der Waals surface area contributed by atoms with Gasteiger partial charge in [-0.05, 0) is 24.1 Å². The number of carboxylic acids is 1. The minimum absolute atomic E-state index is 0.121. The van der Waals surface area contributed by atoms with E-state index in [0.717, 1.165) is 0 Å². The van der Waals surface area contributed by atoms with Crippen molar-refractivity contribution >= 4 is 16.0 Å². The SMILES string of the molecule is O=C(O)Cc1ccc(S(=O)(=O)NC2CCOC2)cc1. The Kier molecular flexibility index (Phi) is 4.18. The molecule has 2 N–H and O–H groups in total. The second kappa shape index (κ2) is 5.68. The van der Waals surface area contributed by atoms with Gasteiger partial charge in [-0.15, -0.1) is 0 Å². The second-order valence-corrected chi connectivity index (χ2v) is 6.11. The van der Waals surface area contributed by atoms with Gasteiger partial charge in [0.2, 0.25) is 10.0 Å². The summed E-state index contributed by atoms with van der Waals surface area (Å²) in [5.74, 6) is -0.947. The number of sulfonamides is 1. The van der Waals surface area contributed by atoms with Crippen LogP contribution in [0.15, 0.2) is 29.2 Å². The summed E-state index contributed by atoms with van der Waals surface area (Å²) in [4.78, 5) is 10.7. The van der Waals surface area contributed by atoms with Crippen LogP contribution in [0, 0.1) is 0 Å². The standard InChI is InChI=1S/C12H15NO5S/c14-12(15)7-9-1-3-11(4-2-9)19(16,17)13-10-5-6-18-8-10/h1-4,10,13H,5-8H2,(H,14,15). The number of carboxylic acid groups (broad SMARTS) is 1. The highest BCUT2D eigenvalue weighted by molar-refractivity contribution is 7.89. The third-order valence-corrected chi connectivity index (χ3v) is 4.38. The number of nitrogens with one attached hydrogen (secondary N) is 1. The fourth-order valence-electron chi connectivity index (χ4n) is 1.88. The zero-order chi connectivity index (χ0) is 13.9. The molecule has 0 saturated carbocycles. The molecule has 1 aromatic rings. The van der Waals surface area contributed by atoms with Crippen molar-refractivity contribution in [2.75, 3.05) is 13.2 Å². The molecule has 6 nitrogen and oxygen atoms in total. The van der Waals surface area contributed by atoms with E-state index < -0.39 is 16.0 Å². The molecule has 0 spiro atoms. The fraction of sp³-hybridized carbons (Fsp3) is 0.417. The molecule has 7 heteroatoms. The Balaban J connectivity index is 2.09. The van der Waals surface area contributed by atoms with Crippen LogP contribution in [0.3, 0.4) is 0 Å². The molecular formula is C12H15NO5S. The molecule has 0 aromatic heterocycles. The van der Waals surface area contributed by atoms with Gasteiger partial charge in [0.15, 0.2) is 0 Å². The molecule has 0 bridgehead atoms. The van der Waals surface area contributed by atoms with Crippen molar-refractivity contribution < 1.29 is 23.1 Å². The van der Waals surface area contributed by atoms with Crippen LogP contribution in [0.25, 0.3) is 0 Å². The third kappa shape index (κ3) is 3.76. The molecule has 2 rings (SSSR count). The van der Waals surface area contributed by atoms with Crippen molar-refractivity contribution in [1.82, 2.24) is 4.72 Å². The maximum Gasteiger partial charge on any atom is 0.307 e. The van der Waals surface area contributed by atoms with Crippen LogP contribution in [0.2, 0.25) is 0 Å². The van der Waals surface area contributed by atoms with E-state index in [1.54, 1.807) is 0 Å². The molecule has 1 atom stereocenters. The van der Waals surface area contributed by atoms with E-state index in [2.05, 4.69) is 4.72 Å². The van der Waals surface area contributed by atoms with Gasteiger partial charge < -0.3 is 9.84 Å². The van der Waals surface area contributed by atoms with E-state index in [4.69, 9.17) is 9.84 Å². The topological polar surface area (TPSA) is 92.7 Å². The first-order valence-electron chi connectivity index (χ1n) is 5.88. The van der Waals surface area contributed by atoms with Gasteiger partial charge in [0.25, 0.3) is 0 Å². The zero-order valence-electron chi connectivity index (χ0n) is 10.2. The van der Waals surface area contributed by atoms with Crippen molar-refractivity contribution in [2.24, 2.45) is 0 Å². The normalized spacial score (nSPS) is 19.5. The number of aliphatic carboxylic acids is 1. The quantitative estimate of drug-likeness (QED) is 0.816. The summed E-state index contributed by atoms with van der Waals surface area (Å²) in [5.41, 5.74) is 0.565. The van der Waals surface area contributed by atoms with E-state index >= 15 is 0 Å². The number of benzene rings is 1. The Labute approximate surface area is 111 Å². The van der Waals surface area contributed by atoms with Gasteiger partial charge in [0, 0.05) is 12.6 Å². The maximum atomic E-state index is 12.0. The van der Waals surface area contributed by atoms with Crippen LogP contribution in [0.1, 0.15) is 12.0 Å². The van der Waals surface area contributed by atoms with Crippen molar-refractivity contribution in [3.63, 3.8) is 0 Å². The van der Waals surface area contributed by atoms with Crippen LogP contribution in [-0.4, -0.2) is 38.7 Å². The van der Waals surface area contributed by atoms with Gasteiger partial charge in [-0.25, -0.2) is 13.1 Å². The first-order valence-corrected chi connectivity index (χ1v) is 7.36. The smallest absolute Gasteiger partial charge is 0.307 e. The molecule has 1 aliphatic rings. The molecule has 104 valence electrons. The number of hydrogen-bond acceptors (Lipinski definition) is 4. The summed E-state index contributed by atoms with van der Waals surface area (Å²) >= 11 is 0. The molecular weight excluding hydrogens is 270 g/mol. The van der Waals surface area contributed by atoms with Crippen molar-refractivity contribution in [2.45, 2.75) is 23.8 Å². The van der Waals surface area contributed by atoms with Crippen LogP contribution in [0.5, 0.6) is 0 Å². The summed E-state index contributed by atoms with van der Waals surface area (Å²) in [5, 5.41) is 8.64. The Morgan fingerprint density at radius 1 is 1.37 bits per heavy atom. The molecule has 1 heterocycles. The predicted octanol–water partition coefficient (Wildman–Crippen LogP) is 0.381. The Morgan fingerprint density at radius 2 is 2.05 bits per heavy atom. The summed E-state index contributed by atoms with van der Waals surface area (Å²) in [7, 11) is -3.57. The van der Waals surface area contributed by atoms with E-state index in [1.807, 2.05) is 0 Å². The molecule has 0 amide bonds. The predicted molar refractivity (Wildman–Crippen MR) is 67.3 cm³/mol. The maximum absolute atomic E-state index is 12.0. The minimum Gasteiger partial charge on any atom is -0.481 e. The average molecular weight is 285 g/mol. The van der Waals surface area contributed by atoms with E-state index in [0.29, 0.717) is 25.2 Å². The first-order chi connectivity index (χ1) is 8.97. The van der Waals surface area contributed by atoms with Crippen molar-refractivity contribution in [1.29, 1.82) is 0 Å². The molecule has 0 aliphatic carbocycles. The lowest BCUT2D eigenvalue weighted by Gasteiger charge is -2.11. The number of rotatable bonds is 5. The van der Waals surface area contributed by atoms with Crippen LogP contribution >= 0.6 is 0 Å². The largest absolute Gasteiger partial charge is 0.481 e. The molecule has 1 aliphatic heterocycles. The van der Waals surface area contributed by atoms with Gasteiger partial charge in [0.05, 0.1) is 17.9 Å². The van der Waals surface area contributed by atoms with Gasteiger partial charge in [-0.3, -0.25) is 4.79 Å². The molecule has 1 saturated heterocycles. The zero-order valence-corrected chi connectivity index (χ0v) is 11.0. The summed E-state index contributed by atoms with van der Waals surface area (Å²) in [6, 6.07) is 5.65. The Hall–Kier alpha value is -1.44. The van der Waals surface area contributed by atoms with Crippen molar-refractivity contribution in [3.8, 4) is 0 Å². The number of hydrogen-bond donors (Lipinski definition) is 2. The highest BCUT2D eigenvalue weighted by Crippen LogP contribution is 2.14. The molecule has 1 unspecified atom stereocenters. The van der Waals surface area contributed by atoms with Gasteiger partial charge >= 0.3 is 5.97 Å². The van der Waals surface area contributed by atoms with Crippen LogP contribution in [0.4, 0.5) is 0 Å². The molecule has 1 aromatic carbocycles. The van der Waals surface area contributed by atoms with E-state index in [1.165, 1.54) is 24.3 Å². The fourth-order valence-corrected chi connectivity index (χ4v) is 3.13. The lowest BCUT2D eigenvalue weighted by Crippen LogP contribution is -2.34. The Bertz CT molecular complexity index is 546. The van der Waals surface area contributed by atoms with Crippen LogP contribution < -0.4 is 4.72 Å². The monoisotopic (exact) mass is 285 g/mol. The van der Waals surface area contributed by atoms with Crippen LogP contribution in [-0.2, 0) is 26.0 Å². The van der Waals surface area contributed by atoms with Crippen molar-refractivity contribution in [3.05, 3.63) is 29.8 Å². The van der Waals surface area contributed by atoms with E-state index in [9.17, 15) is 13.2 Å². The number of ether oxygens (including phenoxy) is 1. The highest BCUT2D eigenvalue weighted by Gasteiger charge is 2.23. The summed E-state index contributed by atoms with van der Waals surface area (Å²) in [6.07, 6.45) is 0.542. The average Bonchev–Trinajstić information content (AvgIpc) is 2.81.